The van der Waals surface area contributed by atoms with E-state index >= 15 is 0 Å². The second-order valence-electron chi connectivity index (χ2n) is 12.9. The Morgan fingerprint density at radius 3 is 1.24 bits per heavy atom. The molecule has 0 unspecified atom stereocenters. The summed E-state index contributed by atoms with van der Waals surface area (Å²) in [7, 11) is 0. The molecule has 80 heavy (non-hydrogen) atoms. The molecule has 0 aliphatic carbocycles. The summed E-state index contributed by atoms with van der Waals surface area (Å²) in [6, 6.07) is 23.3. The summed E-state index contributed by atoms with van der Waals surface area (Å²) in [5, 5.41) is 40.5. The molecule has 0 saturated carbocycles. The third-order valence-corrected chi connectivity index (χ3v) is 15.6. The van der Waals surface area contributed by atoms with Crippen molar-refractivity contribution >= 4 is 214 Å². The van der Waals surface area contributed by atoms with Gasteiger partial charge in [0.1, 0.15) is 37.4 Å². The molecular weight excluding hydrogens is 1740 g/mol. The first-order valence-corrected chi connectivity index (χ1v) is 29.5. The first-order valence-electron chi connectivity index (χ1n) is 20.5. The third-order valence-electron chi connectivity index (χ3n) is 7.59. The van der Waals surface area contributed by atoms with Gasteiger partial charge in [-0.25, -0.2) is 34.0 Å². The van der Waals surface area contributed by atoms with Gasteiger partial charge in [0.2, 0.25) is 0 Å². The maximum Gasteiger partial charge on any atom is 0.373 e. The van der Waals surface area contributed by atoms with Crippen molar-refractivity contribution in [2.75, 3.05) is 0 Å². The molecule has 0 aliphatic heterocycles. The lowest BCUT2D eigenvalue weighted by atomic mass is 10.4. The van der Waals surface area contributed by atoms with Crippen molar-refractivity contribution in [3.8, 4) is 17.5 Å². The number of nitrogens with zero attached hydrogens (tertiary/aromatic N) is 14. The molecule has 0 aliphatic rings. The highest BCUT2D eigenvalue weighted by Crippen LogP contribution is 2.27. The second kappa shape index (κ2) is 41.6. The minimum atomic E-state index is 0.250. The number of hydrogen-bond donors (Lipinski definition) is 4. The third kappa shape index (κ3) is 28.5. The van der Waals surface area contributed by atoms with E-state index < -0.39 is 0 Å². The molecule has 0 spiro atoms. The summed E-state index contributed by atoms with van der Waals surface area (Å²) in [5.41, 5.74) is 0.984. The number of H-pyrrole nitrogens is 4. The standard InChI is InChI=1S/C9H7BrClN3.2C8H5BrClN3.C5H3Cl2N.C3HBr3N2.C3H2Br2N2.C3H3BrN2.C3H4N2.2CO2/c1-6-5-8(10)13-14(6)9-7(11)3-2-4-12-9;2*9-7-3-5-13(12-7)8-6(10)2-1-4-11-8;6-4-2-1-3-8-5(4)7;4-1-2(5)7-8-3(1)6;4-2-1-6-7-3(2)5;4-3-1-2-5-6-3;1-2-4-5-3-1;2*2-1-3/h2-5H,1H3;2*1-5H;1-3H;(H,7,8);1H,(H,6,7);1-2H,(H,5,6);1-3H,(H,4,5);;. The number of halogens is 14. The van der Waals surface area contributed by atoms with Crippen molar-refractivity contribution in [3.63, 3.8) is 0 Å². The maximum absolute atomic E-state index is 8.12. The summed E-state index contributed by atoms with van der Waals surface area (Å²) in [4.78, 5) is 48.6. The van der Waals surface area contributed by atoms with Gasteiger partial charge in [0.25, 0.3) is 0 Å². The van der Waals surface area contributed by atoms with E-state index in [2.05, 4.69) is 219 Å². The normalized spacial score (nSPS) is 9.29. The molecule has 11 aromatic heterocycles. The van der Waals surface area contributed by atoms with E-state index in [9.17, 15) is 0 Å². The maximum atomic E-state index is 8.12. The number of aromatic nitrogens is 18. The van der Waals surface area contributed by atoms with E-state index in [0.29, 0.717) is 42.7 Å². The first-order chi connectivity index (χ1) is 38.3. The average molecular weight is 1770 g/mol. The summed E-state index contributed by atoms with van der Waals surface area (Å²) < 4.78 is 12.5. The number of aromatic amines is 4. The Hall–Kier alpha value is -4.40. The van der Waals surface area contributed by atoms with Gasteiger partial charge in [0.05, 0.1) is 35.2 Å². The predicted octanol–water partition coefficient (Wildman–Crippen LogP) is 15.8. The van der Waals surface area contributed by atoms with E-state index in [1.807, 2.05) is 37.3 Å². The molecule has 0 aromatic carbocycles. The monoisotopic (exact) mass is 1760 g/mol. The highest BCUT2D eigenvalue weighted by molar-refractivity contribution is 9.14. The Balaban J connectivity index is 0.000000314. The summed E-state index contributed by atoms with van der Waals surface area (Å²) in [6.07, 6.45) is 17.5. The van der Waals surface area contributed by atoms with Crippen molar-refractivity contribution in [1.82, 2.24) is 90.1 Å². The topological polar surface area (TPSA) is 288 Å². The van der Waals surface area contributed by atoms with E-state index in [4.69, 9.17) is 77.2 Å². The van der Waals surface area contributed by atoms with E-state index in [0.717, 1.165) is 46.9 Å². The number of carbonyl (C=O) groups excluding carboxylic acids is 4. The summed E-state index contributed by atoms with van der Waals surface area (Å²) in [6.45, 7) is 1.95. The zero-order chi connectivity index (χ0) is 59.4. The van der Waals surface area contributed by atoms with Crippen LogP contribution in [0.3, 0.4) is 0 Å². The summed E-state index contributed by atoms with van der Waals surface area (Å²) >= 11 is 57.9. The fourth-order valence-electron chi connectivity index (χ4n) is 4.48. The Morgan fingerprint density at radius 1 is 0.500 bits per heavy atom. The van der Waals surface area contributed by atoms with Crippen LogP contribution in [0.2, 0.25) is 25.2 Å². The van der Waals surface area contributed by atoms with Gasteiger partial charge in [-0.1, -0.05) is 58.0 Å². The molecule has 0 amide bonds. The molecule has 418 valence electrons. The van der Waals surface area contributed by atoms with Crippen molar-refractivity contribution in [1.29, 1.82) is 0 Å². The fourth-order valence-corrected chi connectivity index (χ4v) is 8.03. The molecule has 36 heteroatoms. The second-order valence-corrected chi connectivity index (χ2v) is 22.2. The largest absolute Gasteiger partial charge is 0.373 e. The van der Waals surface area contributed by atoms with Crippen LogP contribution < -0.4 is 0 Å². The lowest BCUT2D eigenvalue weighted by Crippen LogP contribution is -2.01. The number of rotatable bonds is 3. The van der Waals surface area contributed by atoms with Crippen LogP contribution in [0, 0.1) is 6.92 Å². The number of pyridine rings is 4. The minimum absolute atomic E-state index is 0.250. The fraction of sp³-hybridized carbons (Fsp3) is 0.0227. The first kappa shape index (κ1) is 71.7. The lowest BCUT2D eigenvalue weighted by Gasteiger charge is -2.03. The van der Waals surface area contributed by atoms with Crippen LogP contribution in [0.15, 0.2) is 182 Å². The van der Waals surface area contributed by atoms with Crippen molar-refractivity contribution in [2.24, 2.45) is 0 Å². The van der Waals surface area contributed by atoms with Gasteiger partial charge in [-0.05, 0) is 229 Å². The van der Waals surface area contributed by atoms with Crippen molar-refractivity contribution < 1.29 is 19.2 Å². The highest BCUT2D eigenvalue weighted by atomic mass is 79.9. The van der Waals surface area contributed by atoms with Gasteiger partial charge in [0.15, 0.2) is 17.5 Å². The van der Waals surface area contributed by atoms with Crippen LogP contribution >= 0.6 is 201 Å². The molecule has 11 aromatic rings. The SMILES string of the molecule is Brc1ccn[nH]1.Brc1cn[nH]c1Br.Brc1n[nH]c(Br)c1Br.Cc1cc(Br)nn1-c1ncccc1Cl.Clc1cccnc1-n1ccc(Br)n1.Clc1cccnc1-n1ccc(Br)n1.Clc1cccnc1Cl.O=C=O.O=C=O.c1cn[nH]c1. The number of aryl methyl sites for hydroxylation is 1. The van der Waals surface area contributed by atoms with E-state index in [-0.39, 0.29) is 12.3 Å². The minimum Gasteiger partial charge on any atom is -0.286 e. The smallest absolute Gasteiger partial charge is 0.286 e. The highest BCUT2D eigenvalue weighted by Gasteiger charge is 2.09. The Morgan fingerprint density at radius 2 is 1.00 bits per heavy atom. The van der Waals surface area contributed by atoms with Gasteiger partial charge in [0, 0.05) is 61.5 Å². The van der Waals surface area contributed by atoms with Crippen LogP contribution in [0.4, 0.5) is 0 Å². The van der Waals surface area contributed by atoms with Crippen LogP contribution in [-0.4, -0.2) is 102 Å². The van der Waals surface area contributed by atoms with Crippen molar-refractivity contribution in [2.45, 2.75) is 6.92 Å². The Kier molecular flexibility index (Phi) is 37.3. The molecule has 0 radical (unpaired) electrons. The van der Waals surface area contributed by atoms with Gasteiger partial charge in [-0.15, -0.1) is 0 Å². The zero-order valence-electron chi connectivity index (χ0n) is 39.5. The molecule has 0 bridgehead atoms. The molecule has 0 atom stereocenters. The van der Waals surface area contributed by atoms with Crippen molar-refractivity contribution in [3.05, 3.63) is 213 Å². The van der Waals surface area contributed by atoms with E-state index in [1.54, 1.807) is 125 Å². The van der Waals surface area contributed by atoms with Crippen LogP contribution in [-0.2, 0) is 19.2 Å². The molecule has 0 saturated heterocycles. The molecule has 11 heterocycles. The lowest BCUT2D eigenvalue weighted by molar-refractivity contribution is -0.193. The molecule has 0 fully saturated rings. The predicted molar refractivity (Wildman–Crippen MR) is 332 cm³/mol. The van der Waals surface area contributed by atoms with E-state index in [1.165, 1.54) is 0 Å². The Bertz CT molecular complexity index is 3370. The van der Waals surface area contributed by atoms with Gasteiger partial charge < -0.3 is 0 Å². The summed E-state index contributed by atoms with van der Waals surface area (Å²) in [5.74, 6) is 1.92. The molecule has 4 N–H and O–H groups in total. The van der Waals surface area contributed by atoms with Crippen LogP contribution in [0.1, 0.15) is 5.69 Å². The van der Waals surface area contributed by atoms with Crippen LogP contribution in [0.5, 0.6) is 0 Å². The average Bonchev–Trinajstić information content (AvgIpc) is 4.34. The zero-order valence-corrected chi connectivity index (χ0v) is 57.5. The number of hydrogen-bond acceptors (Lipinski definition) is 15. The van der Waals surface area contributed by atoms with Crippen LogP contribution in [0.25, 0.3) is 17.5 Å². The van der Waals surface area contributed by atoms with Gasteiger partial charge in [-0.3, -0.25) is 20.4 Å². The number of nitrogens with one attached hydrogen (secondary N) is 4. The molecule has 11 rings (SSSR count). The quantitative estimate of drug-likeness (QED) is 0.120. The molecular formula is C44H30Br9Cl5N18O4. The molecule has 22 nitrogen and oxygen atoms in total. The Labute approximate surface area is 553 Å². The van der Waals surface area contributed by atoms with Gasteiger partial charge in [-0.2, -0.15) is 54.9 Å². The van der Waals surface area contributed by atoms with Gasteiger partial charge >= 0.3 is 12.3 Å².